The number of aromatic nitrogens is 3. The zero-order chi connectivity index (χ0) is 14.7. The number of aryl methyl sites for hydroxylation is 1. The van der Waals surface area contributed by atoms with Crippen LogP contribution in [0.4, 0.5) is 0 Å². The molecular formula is C16H18N4S. The molecule has 2 N–H and O–H groups in total. The number of thiazole rings is 1. The number of hydrogen-bond donors (Lipinski definition) is 1. The first-order chi connectivity index (χ1) is 10.2. The summed E-state index contributed by atoms with van der Waals surface area (Å²) in [6.07, 6.45) is 4.49. The zero-order valence-corrected chi connectivity index (χ0v) is 12.8. The predicted octanol–water partition coefficient (Wildman–Crippen LogP) is 2.94. The van der Waals surface area contributed by atoms with Gasteiger partial charge >= 0.3 is 0 Å². The van der Waals surface area contributed by atoms with Crippen LogP contribution < -0.4 is 5.73 Å². The van der Waals surface area contributed by atoms with E-state index in [0.717, 1.165) is 29.4 Å². The minimum atomic E-state index is -0.0593. The number of nitrogens with two attached hydrogens (primary N) is 1. The minimum absolute atomic E-state index is 0.0593. The van der Waals surface area contributed by atoms with Crippen molar-refractivity contribution in [1.82, 2.24) is 14.5 Å². The summed E-state index contributed by atoms with van der Waals surface area (Å²) in [6.45, 7) is 2.74. The van der Waals surface area contributed by atoms with Crippen LogP contribution in [-0.2, 0) is 13.0 Å². The van der Waals surface area contributed by atoms with Crippen molar-refractivity contribution in [2.75, 3.05) is 0 Å². The van der Waals surface area contributed by atoms with E-state index in [2.05, 4.69) is 32.0 Å². The molecule has 2 heterocycles. The van der Waals surface area contributed by atoms with E-state index in [1.165, 1.54) is 5.56 Å². The van der Waals surface area contributed by atoms with Crippen LogP contribution in [0.2, 0.25) is 0 Å². The van der Waals surface area contributed by atoms with Gasteiger partial charge in [-0.1, -0.05) is 30.3 Å². The lowest BCUT2D eigenvalue weighted by Crippen LogP contribution is -2.18. The van der Waals surface area contributed by atoms with Crippen molar-refractivity contribution >= 4 is 11.3 Å². The van der Waals surface area contributed by atoms with Gasteiger partial charge in [0.1, 0.15) is 5.01 Å². The second-order valence-corrected chi connectivity index (χ2v) is 6.07. The lowest BCUT2D eigenvalue weighted by molar-refractivity contribution is 0.630. The Bertz CT molecular complexity index is 702. The van der Waals surface area contributed by atoms with Gasteiger partial charge in [-0.15, -0.1) is 11.3 Å². The van der Waals surface area contributed by atoms with Crippen LogP contribution in [0.5, 0.6) is 0 Å². The summed E-state index contributed by atoms with van der Waals surface area (Å²) in [4.78, 5) is 8.75. The molecule has 0 amide bonds. The Labute approximate surface area is 128 Å². The molecule has 0 spiro atoms. The van der Waals surface area contributed by atoms with Gasteiger partial charge in [-0.05, 0) is 18.9 Å². The summed E-state index contributed by atoms with van der Waals surface area (Å²) in [5, 5.41) is 3.15. The number of benzene rings is 1. The highest BCUT2D eigenvalue weighted by atomic mass is 32.1. The number of imidazole rings is 1. The average molecular weight is 298 g/mol. The molecule has 0 aliphatic heterocycles. The highest BCUT2D eigenvalue weighted by Gasteiger charge is 2.13. The highest BCUT2D eigenvalue weighted by Crippen LogP contribution is 2.18. The first-order valence-electron chi connectivity index (χ1n) is 6.93. The molecule has 0 unspecified atom stereocenters. The summed E-state index contributed by atoms with van der Waals surface area (Å²) in [5.74, 6) is 0. The maximum absolute atomic E-state index is 6.35. The Balaban J connectivity index is 1.75. The lowest BCUT2D eigenvalue weighted by atomic mass is 10.0. The van der Waals surface area contributed by atoms with Crippen molar-refractivity contribution in [3.05, 3.63) is 70.2 Å². The first kappa shape index (κ1) is 14.0. The van der Waals surface area contributed by atoms with Crippen LogP contribution in [0.25, 0.3) is 0 Å². The Hall–Kier alpha value is -1.98. The molecule has 3 rings (SSSR count). The fourth-order valence-corrected chi connectivity index (χ4v) is 3.14. The second-order valence-electron chi connectivity index (χ2n) is 5.13. The lowest BCUT2D eigenvalue weighted by Gasteiger charge is -2.14. The Morgan fingerprint density at radius 2 is 2.10 bits per heavy atom. The van der Waals surface area contributed by atoms with Crippen molar-refractivity contribution in [2.24, 2.45) is 5.73 Å². The van der Waals surface area contributed by atoms with E-state index in [1.807, 2.05) is 37.6 Å². The summed E-state index contributed by atoms with van der Waals surface area (Å²) in [6, 6.07) is 10.2. The summed E-state index contributed by atoms with van der Waals surface area (Å²) >= 11 is 1.67. The van der Waals surface area contributed by atoms with Gasteiger partial charge in [0, 0.05) is 17.3 Å². The third-order valence-electron chi connectivity index (χ3n) is 3.40. The van der Waals surface area contributed by atoms with Crippen LogP contribution >= 0.6 is 11.3 Å². The third kappa shape index (κ3) is 3.37. The number of hydrogen-bond acceptors (Lipinski definition) is 4. The van der Waals surface area contributed by atoms with Crippen molar-refractivity contribution in [3.63, 3.8) is 0 Å². The highest BCUT2D eigenvalue weighted by molar-refractivity contribution is 7.09. The Morgan fingerprint density at radius 1 is 1.29 bits per heavy atom. The Morgan fingerprint density at radius 3 is 2.81 bits per heavy atom. The fourth-order valence-electron chi connectivity index (χ4n) is 2.37. The number of nitrogens with zero attached hydrogens (tertiary/aromatic N) is 3. The van der Waals surface area contributed by atoms with Crippen molar-refractivity contribution in [3.8, 4) is 0 Å². The molecule has 0 aliphatic carbocycles. The maximum atomic E-state index is 6.35. The largest absolute Gasteiger partial charge is 0.326 e. The topological polar surface area (TPSA) is 56.7 Å². The van der Waals surface area contributed by atoms with Gasteiger partial charge in [0.2, 0.25) is 0 Å². The fraction of sp³-hybridized carbons (Fsp3) is 0.250. The van der Waals surface area contributed by atoms with Crippen LogP contribution in [-0.4, -0.2) is 14.5 Å². The van der Waals surface area contributed by atoms with Gasteiger partial charge in [0.25, 0.3) is 0 Å². The summed E-state index contributed by atoms with van der Waals surface area (Å²) < 4.78 is 2.09. The molecule has 0 fully saturated rings. The molecule has 0 saturated heterocycles. The maximum Gasteiger partial charge on any atom is 0.113 e. The van der Waals surface area contributed by atoms with Gasteiger partial charge in [-0.2, -0.15) is 0 Å². The van der Waals surface area contributed by atoms with Gasteiger partial charge < -0.3 is 10.3 Å². The van der Waals surface area contributed by atoms with Crippen molar-refractivity contribution in [1.29, 1.82) is 0 Å². The molecular weight excluding hydrogens is 280 g/mol. The van der Waals surface area contributed by atoms with Crippen molar-refractivity contribution < 1.29 is 0 Å². The number of rotatable bonds is 5. The third-order valence-corrected chi connectivity index (χ3v) is 4.35. The molecule has 1 aromatic carbocycles. The van der Waals surface area contributed by atoms with Crippen molar-refractivity contribution in [2.45, 2.75) is 25.9 Å². The minimum Gasteiger partial charge on any atom is -0.326 e. The van der Waals surface area contributed by atoms with E-state index >= 15 is 0 Å². The first-order valence-corrected chi connectivity index (χ1v) is 7.81. The summed E-state index contributed by atoms with van der Waals surface area (Å²) in [7, 11) is 0. The van der Waals surface area contributed by atoms with E-state index in [4.69, 9.17) is 5.73 Å². The van der Waals surface area contributed by atoms with Gasteiger partial charge in [0.05, 0.1) is 24.6 Å². The summed E-state index contributed by atoms with van der Waals surface area (Å²) in [5.41, 5.74) is 9.70. The molecule has 3 aromatic rings. The van der Waals surface area contributed by atoms with Crippen LogP contribution in [0.15, 0.2) is 48.2 Å². The predicted molar refractivity (Wildman–Crippen MR) is 85.3 cm³/mol. The Kier molecular flexibility index (Phi) is 4.13. The smallest absolute Gasteiger partial charge is 0.113 e. The molecule has 5 heteroatoms. The molecule has 0 saturated carbocycles. The molecule has 0 radical (unpaired) electrons. The van der Waals surface area contributed by atoms with E-state index in [-0.39, 0.29) is 6.04 Å². The molecule has 0 bridgehead atoms. The molecule has 21 heavy (non-hydrogen) atoms. The standard InChI is InChI=1S/C16H18N4S/c1-12-10-21-16(19-12)9-20-11-18-8-15(20)14(17)7-13-5-3-2-4-6-13/h2-6,8,10-11,14H,7,9,17H2,1H3/t14-/m1/s1. The molecule has 4 nitrogen and oxygen atoms in total. The molecule has 0 aliphatic rings. The van der Waals surface area contributed by atoms with E-state index in [1.54, 1.807) is 11.3 Å². The van der Waals surface area contributed by atoms with E-state index in [9.17, 15) is 0 Å². The molecule has 108 valence electrons. The van der Waals surface area contributed by atoms with Gasteiger partial charge in [-0.25, -0.2) is 9.97 Å². The molecule has 1 atom stereocenters. The normalized spacial score (nSPS) is 12.5. The quantitative estimate of drug-likeness (QED) is 0.788. The van der Waals surface area contributed by atoms with Crippen LogP contribution in [0, 0.1) is 6.92 Å². The van der Waals surface area contributed by atoms with Gasteiger partial charge in [-0.3, -0.25) is 0 Å². The second kappa shape index (κ2) is 6.20. The van der Waals surface area contributed by atoms with E-state index < -0.39 is 0 Å². The van der Waals surface area contributed by atoms with E-state index in [0.29, 0.717) is 0 Å². The van der Waals surface area contributed by atoms with Crippen LogP contribution in [0.1, 0.15) is 28.0 Å². The monoisotopic (exact) mass is 298 g/mol. The SMILES string of the molecule is Cc1csc(Cn2cncc2[C@H](N)Cc2ccccc2)n1. The van der Waals surface area contributed by atoms with Crippen LogP contribution in [0.3, 0.4) is 0 Å². The van der Waals surface area contributed by atoms with Gasteiger partial charge in [0.15, 0.2) is 0 Å². The zero-order valence-electron chi connectivity index (χ0n) is 11.9. The average Bonchev–Trinajstić information content (AvgIpc) is 3.10. The molecule has 2 aromatic heterocycles.